The molecule has 0 aromatic heterocycles. The van der Waals surface area contributed by atoms with E-state index >= 15 is 0 Å². The van der Waals surface area contributed by atoms with E-state index in [1.165, 1.54) is 17.5 Å². The number of benzene rings is 2. The normalized spacial score (nSPS) is 23.1. The van der Waals surface area contributed by atoms with Gasteiger partial charge in [0, 0.05) is 23.6 Å². The third kappa shape index (κ3) is 6.10. The molecule has 2 aromatic carbocycles. The third-order valence-corrected chi connectivity index (χ3v) is 8.33. The van der Waals surface area contributed by atoms with Crippen molar-refractivity contribution in [2.45, 2.75) is 116 Å². The molecule has 0 radical (unpaired) electrons. The van der Waals surface area contributed by atoms with Crippen LogP contribution in [-0.4, -0.2) is 34.2 Å². The molecule has 2 fully saturated rings. The number of aliphatic imine (C=N–C) groups is 2. The Labute approximate surface area is 224 Å². The van der Waals surface area contributed by atoms with Crippen molar-refractivity contribution in [1.29, 1.82) is 0 Å². The summed E-state index contributed by atoms with van der Waals surface area (Å²) in [5, 5.41) is 21.9. The number of phenolic OH excluding ortho intramolecular Hbond substituents is 2. The van der Waals surface area contributed by atoms with Crippen molar-refractivity contribution in [3.8, 4) is 11.5 Å². The van der Waals surface area contributed by atoms with Crippen molar-refractivity contribution < 1.29 is 10.2 Å². The Balaban J connectivity index is 1.63. The number of nitrogens with zero attached hydrogens (tertiary/aromatic N) is 2. The van der Waals surface area contributed by atoms with Gasteiger partial charge in [-0.15, -0.1) is 0 Å². The largest absolute Gasteiger partial charge is 0.507 e. The van der Waals surface area contributed by atoms with E-state index in [4.69, 9.17) is 9.98 Å². The fourth-order valence-electron chi connectivity index (χ4n) is 6.53. The minimum atomic E-state index is -0.206. The highest BCUT2D eigenvalue weighted by atomic mass is 16.3. The number of rotatable bonds is 12. The van der Waals surface area contributed by atoms with Gasteiger partial charge in [-0.05, 0) is 91.7 Å². The number of hydrogen-bond donors (Lipinski definition) is 2. The van der Waals surface area contributed by atoms with Crippen LogP contribution in [0.3, 0.4) is 0 Å². The maximum Gasteiger partial charge on any atom is 0.127 e. The second kappa shape index (κ2) is 12.3. The maximum atomic E-state index is 11.0. The molecule has 37 heavy (non-hydrogen) atoms. The zero-order valence-corrected chi connectivity index (χ0v) is 23.4. The monoisotopic (exact) mass is 502 g/mol. The lowest BCUT2D eigenvalue weighted by molar-refractivity contribution is 0.367. The van der Waals surface area contributed by atoms with Crippen molar-refractivity contribution in [1.82, 2.24) is 0 Å². The second-order valence-electron chi connectivity index (χ2n) is 11.4. The first-order valence-corrected chi connectivity index (χ1v) is 14.7. The van der Waals surface area contributed by atoms with E-state index in [-0.39, 0.29) is 11.6 Å². The number of aryl methyl sites for hydroxylation is 4. The van der Waals surface area contributed by atoms with Crippen LogP contribution in [0, 0.1) is 5.92 Å². The predicted molar refractivity (Wildman–Crippen MR) is 156 cm³/mol. The number of phenols is 2. The number of fused-ring (bicyclic) bond motifs is 2. The molecule has 2 aromatic rings. The van der Waals surface area contributed by atoms with Crippen LogP contribution in [0.4, 0.5) is 0 Å². The highest BCUT2D eigenvalue weighted by Crippen LogP contribution is 2.51. The molecule has 200 valence electrons. The summed E-state index contributed by atoms with van der Waals surface area (Å²) in [4.78, 5) is 10.3. The minimum Gasteiger partial charge on any atom is -0.507 e. The zero-order chi connectivity index (χ0) is 26.4. The van der Waals surface area contributed by atoms with E-state index in [1.807, 2.05) is 12.4 Å². The first-order chi connectivity index (χ1) is 17.9. The summed E-state index contributed by atoms with van der Waals surface area (Å²) in [7, 11) is 0. The van der Waals surface area contributed by atoms with Gasteiger partial charge in [0.25, 0.3) is 0 Å². The predicted octanol–water partition coefficient (Wildman–Crippen LogP) is 7.76. The van der Waals surface area contributed by atoms with Gasteiger partial charge in [-0.2, -0.15) is 0 Å². The molecule has 0 spiro atoms. The molecule has 4 rings (SSSR count). The van der Waals surface area contributed by atoms with Crippen molar-refractivity contribution in [3.05, 3.63) is 57.6 Å². The van der Waals surface area contributed by atoms with Gasteiger partial charge in [0.1, 0.15) is 11.5 Å². The van der Waals surface area contributed by atoms with Gasteiger partial charge >= 0.3 is 0 Å². The molecule has 4 nitrogen and oxygen atoms in total. The van der Waals surface area contributed by atoms with E-state index in [9.17, 15) is 10.2 Å². The van der Waals surface area contributed by atoms with Crippen LogP contribution >= 0.6 is 0 Å². The average molecular weight is 503 g/mol. The molecule has 2 aliphatic rings. The van der Waals surface area contributed by atoms with Gasteiger partial charge in [0.2, 0.25) is 0 Å². The molecule has 2 aliphatic carbocycles. The Morgan fingerprint density at radius 1 is 0.784 bits per heavy atom. The molecule has 3 unspecified atom stereocenters. The summed E-state index contributed by atoms with van der Waals surface area (Å²) < 4.78 is 0. The van der Waals surface area contributed by atoms with Crippen LogP contribution < -0.4 is 0 Å². The molecule has 2 bridgehead atoms. The Morgan fingerprint density at radius 3 is 1.84 bits per heavy atom. The van der Waals surface area contributed by atoms with Gasteiger partial charge in [0.05, 0.1) is 11.6 Å². The molecular weight excluding hydrogens is 456 g/mol. The Bertz CT molecular complexity index is 1140. The van der Waals surface area contributed by atoms with Crippen molar-refractivity contribution in [3.63, 3.8) is 0 Å². The van der Waals surface area contributed by atoms with E-state index in [0.717, 1.165) is 92.9 Å². The van der Waals surface area contributed by atoms with Gasteiger partial charge in [-0.1, -0.05) is 65.5 Å². The van der Waals surface area contributed by atoms with Crippen LogP contribution in [-0.2, 0) is 25.7 Å². The molecule has 0 saturated heterocycles. The molecular formula is C33H46N2O2. The third-order valence-electron chi connectivity index (χ3n) is 8.33. The fourth-order valence-corrected chi connectivity index (χ4v) is 6.53. The molecule has 3 atom stereocenters. The zero-order valence-electron chi connectivity index (χ0n) is 23.4. The fraction of sp³-hybridized carbons (Fsp3) is 0.576. The van der Waals surface area contributed by atoms with Crippen molar-refractivity contribution in [2.24, 2.45) is 15.9 Å². The molecule has 0 aliphatic heterocycles. The summed E-state index contributed by atoms with van der Waals surface area (Å²) in [5.74, 6) is 1.42. The van der Waals surface area contributed by atoms with E-state index < -0.39 is 0 Å². The Kier molecular flexibility index (Phi) is 9.10. The van der Waals surface area contributed by atoms with Gasteiger partial charge in [0.15, 0.2) is 0 Å². The van der Waals surface area contributed by atoms with Crippen LogP contribution in [0.1, 0.15) is 112 Å². The maximum absolute atomic E-state index is 11.0. The summed E-state index contributed by atoms with van der Waals surface area (Å²) in [6.45, 7) is 8.69. The highest BCUT2D eigenvalue weighted by molar-refractivity contribution is 5.86. The molecule has 0 heterocycles. The van der Waals surface area contributed by atoms with Crippen LogP contribution in [0.25, 0.3) is 0 Å². The quantitative estimate of drug-likeness (QED) is 0.291. The van der Waals surface area contributed by atoms with Crippen LogP contribution in [0.2, 0.25) is 0 Å². The molecule has 0 amide bonds. The van der Waals surface area contributed by atoms with E-state index in [0.29, 0.717) is 17.4 Å². The van der Waals surface area contributed by atoms with Gasteiger partial charge < -0.3 is 10.2 Å². The molecule has 2 N–H and O–H groups in total. The van der Waals surface area contributed by atoms with Gasteiger partial charge in [-0.3, -0.25) is 9.98 Å². The lowest BCUT2D eigenvalue weighted by Gasteiger charge is -2.28. The average Bonchev–Trinajstić information content (AvgIpc) is 3.45. The van der Waals surface area contributed by atoms with Crippen molar-refractivity contribution >= 4 is 12.4 Å². The number of aromatic hydroxyl groups is 2. The standard InChI is InChI=1S/C33H46N2O2/c1-5-9-23-15-26(11-7-3)31(36)28(17-23)21-34-30-19-25-13-14-33(30,20-25)35-22-29-18-24(10-6-2)16-27(12-8-4)32(29)37/h15-18,21-22,25,30,36-37H,5-14,19-20H2,1-4H3. The molecule has 2 saturated carbocycles. The first-order valence-electron chi connectivity index (χ1n) is 14.7. The number of hydrogen-bond acceptors (Lipinski definition) is 4. The highest BCUT2D eigenvalue weighted by Gasteiger charge is 2.52. The summed E-state index contributed by atoms with van der Waals surface area (Å²) >= 11 is 0. The summed E-state index contributed by atoms with van der Waals surface area (Å²) in [6.07, 6.45) is 16.2. The Morgan fingerprint density at radius 2 is 1.32 bits per heavy atom. The van der Waals surface area contributed by atoms with Gasteiger partial charge in [-0.25, -0.2) is 0 Å². The minimum absolute atomic E-state index is 0.113. The van der Waals surface area contributed by atoms with Crippen LogP contribution in [0.15, 0.2) is 34.3 Å². The second-order valence-corrected chi connectivity index (χ2v) is 11.4. The lowest BCUT2D eigenvalue weighted by Crippen LogP contribution is -2.34. The van der Waals surface area contributed by atoms with Crippen LogP contribution in [0.5, 0.6) is 11.5 Å². The van der Waals surface area contributed by atoms with E-state index in [2.05, 4.69) is 52.0 Å². The SMILES string of the molecule is CCCc1cc(C=NC2CC3CCC2(N=Cc2cc(CCC)cc(CCC)c2O)C3)c(O)c(CCC)c1. The summed E-state index contributed by atoms with van der Waals surface area (Å²) in [6, 6.07) is 8.66. The lowest BCUT2D eigenvalue weighted by atomic mass is 9.89. The summed E-state index contributed by atoms with van der Waals surface area (Å²) in [5.41, 5.74) is 6.09. The van der Waals surface area contributed by atoms with Crippen molar-refractivity contribution in [2.75, 3.05) is 0 Å². The van der Waals surface area contributed by atoms with E-state index in [1.54, 1.807) is 0 Å². The Hall–Kier alpha value is -2.62. The topological polar surface area (TPSA) is 65.2 Å². The molecule has 4 heteroatoms. The smallest absolute Gasteiger partial charge is 0.127 e. The first kappa shape index (κ1) is 27.4.